The Balaban J connectivity index is 0.000000423. The summed E-state index contributed by atoms with van der Waals surface area (Å²) in [4.78, 5) is 32.1. The molecule has 1 aliphatic heterocycles. The summed E-state index contributed by atoms with van der Waals surface area (Å²) in [5, 5.41) is 0. The molecule has 0 aromatic carbocycles. The van der Waals surface area contributed by atoms with Gasteiger partial charge in [0.1, 0.15) is 0 Å². The van der Waals surface area contributed by atoms with Gasteiger partial charge >= 0.3 is 11.9 Å². The maximum Gasteiger partial charge on any atom is 0.337 e. The second-order valence-electron chi connectivity index (χ2n) is 3.10. The third kappa shape index (κ3) is 4.13. The minimum absolute atomic E-state index is 0.260. The lowest BCUT2D eigenvalue weighted by molar-refractivity contribution is -0.152. The van der Waals surface area contributed by atoms with Gasteiger partial charge < -0.3 is 4.74 Å². The number of ketones is 1. The van der Waals surface area contributed by atoms with E-state index in [0.717, 1.165) is 0 Å². The van der Waals surface area contributed by atoms with Gasteiger partial charge in [-0.25, -0.2) is 4.79 Å². The van der Waals surface area contributed by atoms with Crippen LogP contribution >= 0.6 is 12.6 Å². The highest BCUT2D eigenvalue weighted by Gasteiger charge is 2.50. The van der Waals surface area contributed by atoms with Crippen LogP contribution in [0.2, 0.25) is 0 Å². The molecule has 1 rings (SSSR count). The summed E-state index contributed by atoms with van der Waals surface area (Å²) in [7, 11) is -0.611. The van der Waals surface area contributed by atoms with E-state index in [-0.39, 0.29) is 6.42 Å². The number of ether oxygens (including phenoxy) is 1. The van der Waals surface area contributed by atoms with Crippen LogP contribution in [0.4, 0.5) is 0 Å². The lowest BCUT2D eigenvalue weighted by Gasteiger charge is -2.10. The zero-order valence-corrected chi connectivity index (χ0v) is 10.3. The van der Waals surface area contributed by atoms with Crippen molar-refractivity contribution in [2.24, 2.45) is 0 Å². The fraction of sp³-hybridized carbons (Fsp3) is 0.625. The van der Waals surface area contributed by atoms with Gasteiger partial charge in [0.2, 0.25) is 0 Å². The summed E-state index contributed by atoms with van der Waals surface area (Å²) in [6, 6.07) is 0. The van der Waals surface area contributed by atoms with Crippen molar-refractivity contribution in [3.8, 4) is 0 Å². The third-order valence-corrected chi connectivity index (χ3v) is 2.18. The first-order valence-electron chi connectivity index (χ1n) is 3.93. The first-order valence-corrected chi connectivity index (χ1v) is 6.35. The van der Waals surface area contributed by atoms with E-state index in [9.17, 15) is 18.6 Å². The number of Topliss-reactive ketones (excluding diaryl/α,β-unsaturated/α-hetero) is 1. The van der Waals surface area contributed by atoms with Gasteiger partial charge in [-0.1, -0.05) is 0 Å². The number of hydrogen-bond donors (Lipinski definition) is 1. The monoisotopic (exact) mass is 252 g/mol. The number of esters is 2. The number of thiol groups is 1. The first kappa shape index (κ1) is 14.3. The van der Waals surface area contributed by atoms with Crippen molar-refractivity contribution in [2.75, 3.05) is 12.5 Å². The van der Waals surface area contributed by atoms with E-state index >= 15 is 0 Å². The first-order chi connectivity index (χ1) is 6.70. The van der Waals surface area contributed by atoms with Crippen molar-refractivity contribution in [1.29, 1.82) is 0 Å². The largest absolute Gasteiger partial charge is 0.392 e. The van der Waals surface area contributed by atoms with Crippen molar-refractivity contribution in [1.82, 2.24) is 0 Å². The minimum atomic E-state index is -1.53. The quantitative estimate of drug-likeness (QED) is 0.394. The summed E-state index contributed by atoms with van der Waals surface area (Å²) < 4.78 is 12.2. The number of hydrogen-bond acceptors (Lipinski definition) is 6. The maximum atomic E-state index is 10.8. The highest BCUT2D eigenvalue weighted by molar-refractivity contribution is 7.84. The molecule has 1 unspecified atom stereocenters. The molecule has 0 aromatic rings. The van der Waals surface area contributed by atoms with Gasteiger partial charge in [0.15, 0.2) is 10.5 Å². The topological polar surface area (TPSA) is 77.5 Å². The van der Waals surface area contributed by atoms with E-state index in [4.69, 9.17) is 0 Å². The Morgan fingerprint density at radius 2 is 1.87 bits per heavy atom. The highest BCUT2D eigenvalue weighted by Crippen LogP contribution is 2.28. The Labute approximate surface area is 95.4 Å². The molecule has 0 amide bonds. The van der Waals surface area contributed by atoms with Gasteiger partial charge in [0.05, 0.1) is 6.42 Å². The molecule has 0 aromatic heterocycles. The highest BCUT2D eigenvalue weighted by atomic mass is 32.2. The molecule has 0 aliphatic carbocycles. The Morgan fingerprint density at radius 3 is 2.00 bits per heavy atom. The molecule has 0 radical (unpaired) electrons. The smallest absolute Gasteiger partial charge is 0.337 e. The molecule has 0 saturated carbocycles. The van der Waals surface area contributed by atoms with E-state index < -0.39 is 33.3 Å². The van der Waals surface area contributed by atoms with E-state index in [0.29, 0.717) is 0 Å². The van der Waals surface area contributed by atoms with Crippen molar-refractivity contribution >= 4 is 41.2 Å². The number of rotatable bonds is 1. The molecule has 1 atom stereocenters. The van der Waals surface area contributed by atoms with Crippen molar-refractivity contribution in [2.45, 2.75) is 18.1 Å². The predicted octanol–water partition coefficient (Wildman–Crippen LogP) is -0.288. The van der Waals surface area contributed by atoms with Crippen LogP contribution in [0.3, 0.4) is 0 Å². The average Bonchev–Trinajstić information content (AvgIpc) is 2.25. The van der Waals surface area contributed by atoms with Gasteiger partial charge in [0.25, 0.3) is 0 Å². The SMILES string of the molecule is CC(=O)C1(S)CC(=O)OC1=O.CS(C)=O. The summed E-state index contributed by atoms with van der Waals surface area (Å²) in [6.07, 6.45) is 3.02. The lowest BCUT2D eigenvalue weighted by atomic mass is 10.0. The second kappa shape index (κ2) is 5.41. The lowest BCUT2D eigenvalue weighted by Crippen LogP contribution is -2.35. The molecule has 0 bridgehead atoms. The summed E-state index contributed by atoms with van der Waals surface area (Å²) in [5.74, 6) is -2.02. The predicted molar refractivity (Wildman–Crippen MR) is 58.1 cm³/mol. The number of carbonyl (C=O) groups excluding carboxylic acids is 3. The molecule has 7 heteroatoms. The van der Waals surface area contributed by atoms with Crippen molar-refractivity contribution < 1.29 is 23.3 Å². The fourth-order valence-corrected chi connectivity index (χ4v) is 0.948. The minimum Gasteiger partial charge on any atom is -0.392 e. The number of carbonyl (C=O) groups is 3. The molecular formula is C8H12O5S2. The van der Waals surface area contributed by atoms with Crippen LogP contribution in [0.1, 0.15) is 13.3 Å². The molecule has 1 saturated heterocycles. The summed E-state index contributed by atoms with van der Waals surface area (Å²) in [6.45, 7) is 1.20. The van der Waals surface area contributed by atoms with Crippen LogP contribution in [0.5, 0.6) is 0 Å². The van der Waals surface area contributed by atoms with E-state index in [1.54, 1.807) is 12.5 Å². The Hall–Kier alpha value is -0.690. The zero-order chi connectivity index (χ0) is 12.2. The van der Waals surface area contributed by atoms with Crippen LogP contribution in [0.15, 0.2) is 0 Å². The van der Waals surface area contributed by atoms with Crippen LogP contribution in [-0.4, -0.2) is 39.2 Å². The standard InChI is InChI=1S/C6H6O4S.C2H6OS/c1-3(7)6(11)2-4(8)10-5(6)9;1-4(2)3/h11H,2H2,1H3;1-2H3. The van der Waals surface area contributed by atoms with E-state index in [2.05, 4.69) is 17.4 Å². The normalized spacial score (nSPS) is 24.6. The maximum absolute atomic E-state index is 10.8. The molecule has 5 nitrogen and oxygen atoms in total. The molecule has 86 valence electrons. The zero-order valence-electron chi connectivity index (χ0n) is 8.60. The van der Waals surface area contributed by atoms with Crippen LogP contribution < -0.4 is 0 Å². The molecule has 1 heterocycles. The fourth-order valence-electron chi connectivity index (χ4n) is 0.773. The van der Waals surface area contributed by atoms with Crippen LogP contribution in [0.25, 0.3) is 0 Å². The molecule has 1 aliphatic rings. The number of cyclic esters (lactones) is 2. The van der Waals surface area contributed by atoms with Crippen molar-refractivity contribution in [3.05, 3.63) is 0 Å². The van der Waals surface area contributed by atoms with Gasteiger partial charge in [-0.05, 0) is 6.92 Å². The van der Waals surface area contributed by atoms with Crippen molar-refractivity contribution in [3.63, 3.8) is 0 Å². The molecule has 1 fully saturated rings. The molecule has 15 heavy (non-hydrogen) atoms. The summed E-state index contributed by atoms with van der Waals surface area (Å²) >= 11 is 3.79. The van der Waals surface area contributed by atoms with E-state index in [1.165, 1.54) is 6.92 Å². The van der Waals surface area contributed by atoms with Crippen LogP contribution in [-0.2, 0) is 29.9 Å². The van der Waals surface area contributed by atoms with Gasteiger partial charge in [-0.3, -0.25) is 13.8 Å². The van der Waals surface area contributed by atoms with Gasteiger partial charge in [-0.2, -0.15) is 12.6 Å². The Morgan fingerprint density at radius 1 is 1.47 bits per heavy atom. The summed E-state index contributed by atoms with van der Waals surface area (Å²) in [5.41, 5.74) is 0. The Kier molecular flexibility index (Phi) is 5.16. The van der Waals surface area contributed by atoms with Gasteiger partial charge in [0, 0.05) is 23.3 Å². The van der Waals surface area contributed by atoms with Crippen LogP contribution in [0, 0.1) is 0 Å². The van der Waals surface area contributed by atoms with Gasteiger partial charge in [-0.15, -0.1) is 0 Å². The van der Waals surface area contributed by atoms with E-state index in [1.807, 2.05) is 0 Å². The molecular weight excluding hydrogens is 240 g/mol. The molecule has 0 spiro atoms. The Bertz CT molecular complexity index is 321. The average molecular weight is 252 g/mol. The molecule has 0 N–H and O–H groups in total. The second-order valence-corrected chi connectivity index (χ2v) is 5.34. The third-order valence-electron chi connectivity index (χ3n) is 1.53.